The van der Waals surface area contributed by atoms with E-state index in [0.29, 0.717) is 11.5 Å². The molecule has 0 atom stereocenters. The van der Waals surface area contributed by atoms with Gasteiger partial charge in [-0.2, -0.15) is 9.97 Å². The predicted molar refractivity (Wildman–Crippen MR) is 75.9 cm³/mol. The molecule has 0 bridgehead atoms. The minimum Gasteiger partial charge on any atom is -0.382 e. The monoisotopic (exact) mass is 267 g/mol. The highest BCUT2D eigenvalue weighted by Gasteiger charge is 2.19. The van der Waals surface area contributed by atoms with E-state index in [9.17, 15) is 4.79 Å². The zero-order chi connectivity index (χ0) is 14.3. The van der Waals surface area contributed by atoms with Crippen LogP contribution >= 0.6 is 0 Å². The molecule has 0 amide bonds. The molecule has 0 saturated heterocycles. The lowest BCUT2D eigenvalue weighted by Crippen LogP contribution is -2.21. The molecule has 0 spiro atoms. The van der Waals surface area contributed by atoms with Crippen LogP contribution in [0.3, 0.4) is 0 Å². The highest BCUT2D eigenvalue weighted by atomic mass is 16.1. The van der Waals surface area contributed by atoms with E-state index < -0.39 is 5.69 Å². The van der Waals surface area contributed by atoms with Crippen molar-refractivity contribution < 1.29 is 0 Å². The van der Waals surface area contributed by atoms with Crippen molar-refractivity contribution in [1.29, 1.82) is 0 Å². The van der Waals surface area contributed by atoms with Crippen molar-refractivity contribution in [1.82, 2.24) is 19.5 Å². The molecule has 6 nitrogen and oxygen atoms in total. The van der Waals surface area contributed by atoms with Crippen molar-refractivity contribution >= 4 is 5.82 Å². The van der Waals surface area contributed by atoms with Gasteiger partial charge in [0.2, 0.25) is 0 Å². The average molecular weight is 267 g/mol. The third-order valence-corrected chi connectivity index (χ3v) is 3.24. The largest absolute Gasteiger partial charge is 0.382 e. The van der Waals surface area contributed by atoms with Gasteiger partial charge in [0.05, 0.1) is 5.69 Å². The third kappa shape index (κ3) is 1.82. The number of hydrogen-bond acceptors (Lipinski definition) is 5. The van der Waals surface area contributed by atoms with Gasteiger partial charge < -0.3 is 5.73 Å². The van der Waals surface area contributed by atoms with Gasteiger partial charge in [0.15, 0.2) is 11.6 Å². The van der Waals surface area contributed by atoms with E-state index in [-0.39, 0.29) is 5.82 Å². The number of para-hydroxylation sites is 1. The summed E-state index contributed by atoms with van der Waals surface area (Å²) < 4.78 is 1.87. The summed E-state index contributed by atoms with van der Waals surface area (Å²) in [5, 5.41) is 0. The van der Waals surface area contributed by atoms with E-state index in [1.807, 2.05) is 48.7 Å². The molecule has 0 saturated carbocycles. The Morgan fingerprint density at radius 2 is 1.75 bits per heavy atom. The first-order chi connectivity index (χ1) is 9.58. The van der Waals surface area contributed by atoms with E-state index in [1.54, 1.807) is 0 Å². The number of aromatic nitrogens is 4. The van der Waals surface area contributed by atoms with E-state index in [4.69, 9.17) is 5.73 Å². The molecular weight excluding hydrogens is 254 g/mol. The molecule has 2 N–H and O–H groups in total. The zero-order valence-electron chi connectivity index (χ0n) is 11.2. The maximum Gasteiger partial charge on any atom is 0.371 e. The molecule has 0 fully saturated rings. The highest BCUT2D eigenvalue weighted by molar-refractivity contribution is 5.67. The number of fused-ring (bicyclic) bond motifs is 1. The molecule has 2 aliphatic heterocycles. The standard InChI is InChI=1S/C14H13N5O/c1-8-9(2)19(10-6-4-3-5-7-10)13-11(16-8)12(15)17-14(20)18-13/h3-7H,1-2H3,(H2,15,17,20). The maximum atomic E-state index is 11.5. The van der Waals surface area contributed by atoms with Gasteiger partial charge in [-0.15, -0.1) is 0 Å². The summed E-state index contributed by atoms with van der Waals surface area (Å²) in [5.41, 5.74) is 8.25. The smallest absolute Gasteiger partial charge is 0.371 e. The number of benzene rings is 1. The van der Waals surface area contributed by atoms with Crippen molar-refractivity contribution in [2.45, 2.75) is 13.8 Å². The number of nitrogens with zero attached hydrogens (tertiary/aromatic N) is 4. The van der Waals surface area contributed by atoms with Crippen LogP contribution in [0.1, 0.15) is 11.4 Å². The van der Waals surface area contributed by atoms with Gasteiger partial charge in [0, 0.05) is 11.4 Å². The molecule has 1 aromatic carbocycles. The van der Waals surface area contributed by atoms with Crippen LogP contribution in [0, 0.1) is 13.8 Å². The Morgan fingerprint density at radius 3 is 2.45 bits per heavy atom. The topological polar surface area (TPSA) is 86.7 Å². The van der Waals surface area contributed by atoms with Crippen LogP contribution in [0.4, 0.5) is 5.82 Å². The van der Waals surface area contributed by atoms with E-state index in [0.717, 1.165) is 17.1 Å². The fourth-order valence-electron chi connectivity index (χ4n) is 2.16. The first-order valence-electron chi connectivity index (χ1n) is 6.17. The van der Waals surface area contributed by atoms with Crippen LogP contribution in [0.25, 0.3) is 17.2 Å². The second-order valence-electron chi connectivity index (χ2n) is 4.52. The van der Waals surface area contributed by atoms with Crippen LogP contribution in [0.2, 0.25) is 0 Å². The summed E-state index contributed by atoms with van der Waals surface area (Å²) >= 11 is 0. The molecule has 0 aliphatic carbocycles. The SMILES string of the molecule is Cc1nc2c(N)nc(=O)nc-2n(-c2ccccc2)c1C. The van der Waals surface area contributed by atoms with Crippen LogP contribution in [-0.4, -0.2) is 19.5 Å². The van der Waals surface area contributed by atoms with Crippen LogP contribution in [0.5, 0.6) is 0 Å². The van der Waals surface area contributed by atoms with Crippen LogP contribution in [-0.2, 0) is 0 Å². The van der Waals surface area contributed by atoms with Gasteiger partial charge in [-0.1, -0.05) is 18.2 Å². The van der Waals surface area contributed by atoms with Crippen molar-refractivity contribution in [3.8, 4) is 17.2 Å². The lowest BCUT2D eigenvalue weighted by atomic mass is 10.2. The lowest BCUT2D eigenvalue weighted by Gasteiger charge is -2.19. The van der Waals surface area contributed by atoms with E-state index >= 15 is 0 Å². The average Bonchev–Trinajstić information content (AvgIpc) is 2.42. The second kappa shape index (κ2) is 4.41. The Kier molecular flexibility index (Phi) is 2.71. The molecule has 2 heterocycles. The summed E-state index contributed by atoms with van der Waals surface area (Å²) in [4.78, 5) is 23.5. The minimum absolute atomic E-state index is 0.104. The number of rotatable bonds is 1. The van der Waals surface area contributed by atoms with Gasteiger partial charge in [-0.25, -0.2) is 9.78 Å². The van der Waals surface area contributed by atoms with Gasteiger partial charge in [-0.05, 0) is 26.0 Å². The van der Waals surface area contributed by atoms with Gasteiger partial charge >= 0.3 is 5.69 Å². The molecule has 0 aromatic heterocycles. The molecule has 2 aliphatic rings. The number of aryl methyl sites for hydroxylation is 1. The Hall–Kier alpha value is -2.76. The Bertz CT molecular complexity index is 810. The van der Waals surface area contributed by atoms with E-state index in [2.05, 4.69) is 15.0 Å². The minimum atomic E-state index is -0.607. The summed E-state index contributed by atoms with van der Waals surface area (Å²) in [6.45, 7) is 3.82. The second-order valence-corrected chi connectivity index (χ2v) is 4.52. The fraction of sp³-hybridized carbons (Fsp3) is 0.143. The Balaban J connectivity index is 2.47. The van der Waals surface area contributed by atoms with Gasteiger partial charge in [-0.3, -0.25) is 4.57 Å². The molecular formula is C14H13N5O. The summed E-state index contributed by atoms with van der Waals surface area (Å²) in [6.07, 6.45) is 0. The molecule has 100 valence electrons. The molecule has 0 unspecified atom stereocenters. The first kappa shape index (κ1) is 12.3. The fourth-order valence-corrected chi connectivity index (χ4v) is 2.16. The normalized spacial score (nSPS) is 10.9. The summed E-state index contributed by atoms with van der Waals surface area (Å²) in [7, 11) is 0. The number of nitrogens with two attached hydrogens (primary N) is 1. The number of nitrogen functional groups attached to an aromatic ring is 1. The van der Waals surface area contributed by atoms with E-state index in [1.165, 1.54) is 0 Å². The third-order valence-electron chi connectivity index (χ3n) is 3.24. The predicted octanol–water partition coefficient (Wildman–Crippen LogP) is 1.33. The lowest BCUT2D eigenvalue weighted by molar-refractivity contribution is 0.871. The number of hydrogen-bond donors (Lipinski definition) is 1. The van der Waals surface area contributed by atoms with Crippen molar-refractivity contribution in [3.63, 3.8) is 0 Å². The van der Waals surface area contributed by atoms with Gasteiger partial charge in [0.25, 0.3) is 0 Å². The highest BCUT2D eigenvalue weighted by Crippen LogP contribution is 2.26. The summed E-state index contributed by atoms with van der Waals surface area (Å²) in [6, 6.07) is 9.65. The van der Waals surface area contributed by atoms with Crippen molar-refractivity contribution in [2.24, 2.45) is 0 Å². The first-order valence-corrected chi connectivity index (χ1v) is 6.17. The van der Waals surface area contributed by atoms with Crippen LogP contribution < -0.4 is 11.4 Å². The molecule has 6 heteroatoms. The quantitative estimate of drug-likeness (QED) is 0.718. The molecule has 0 radical (unpaired) electrons. The summed E-state index contributed by atoms with van der Waals surface area (Å²) in [5.74, 6) is 0.532. The molecule has 20 heavy (non-hydrogen) atoms. The Morgan fingerprint density at radius 1 is 1.05 bits per heavy atom. The van der Waals surface area contributed by atoms with Crippen molar-refractivity contribution in [3.05, 3.63) is 52.2 Å². The molecule has 3 rings (SSSR count). The van der Waals surface area contributed by atoms with Crippen LogP contribution in [0.15, 0.2) is 35.1 Å². The Labute approximate surface area is 115 Å². The molecule has 1 aromatic rings. The zero-order valence-corrected chi connectivity index (χ0v) is 11.2. The number of anilines is 1. The van der Waals surface area contributed by atoms with Crippen molar-refractivity contribution in [2.75, 3.05) is 5.73 Å². The maximum absolute atomic E-state index is 11.5. The van der Waals surface area contributed by atoms with Gasteiger partial charge in [0.1, 0.15) is 5.69 Å².